The van der Waals surface area contributed by atoms with Crippen LogP contribution in [-0.2, 0) is 0 Å². The fourth-order valence-corrected chi connectivity index (χ4v) is 7.49. The summed E-state index contributed by atoms with van der Waals surface area (Å²) in [5, 5.41) is 20.5. The van der Waals surface area contributed by atoms with Gasteiger partial charge >= 0.3 is 0 Å². The molecule has 178 valence electrons. The summed E-state index contributed by atoms with van der Waals surface area (Å²) in [5.41, 5.74) is 0. The first-order chi connectivity index (χ1) is 19.3. The highest BCUT2D eigenvalue weighted by Gasteiger charge is 2.21. The second-order valence-corrected chi connectivity index (χ2v) is 11.0. The predicted molar refractivity (Wildman–Crippen MR) is 166 cm³/mol. The molecule has 0 atom stereocenters. The molecule has 0 radical (unpaired) electrons. The van der Waals surface area contributed by atoms with Crippen molar-refractivity contribution in [3.63, 3.8) is 0 Å². The minimum atomic E-state index is -0.120. The topological polar surface area (TPSA) is 0 Å². The summed E-state index contributed by atoms with van der Waals surface area (Å²) in [6.45, 7) is 0. The Morgan fingerprint density at radius 1 is 0.282 bits per heavy atom. The van der Waals surface area contributed by atoms with Crippen molar-refractivity contribution in [1.82, 2.24) is 0 Å². The van der Waals surface area contributed by atoms with E-state index in [-0.39, 0.29) is 5.82 Å². The molecule has 0 amide bonds. The molecule has 0 nitrogen and oxygen atoms in total. The van der Waals surface area contributed by atoms with Crippen molar-refractivity contribution < 1.29 is 4.39 Å². The van der Waals surface area contributed by atoms with Crippen LogP contribution in [0.2, 0.25) is 0 Å². The van der Waals surface area contributed by atoms with Crippen molar-refractivity contribution in [2.45, 2.75) is 0 Å². The van der Waals surface area contributed by atoms with Crippen LogP contribution < -0.4 is 0 Å². The third-order valence-corrected chi connectivity index (χ3v) is 9.13. The zero-order valence-corrected chi connectivity index (χ0v) is 20.8. The van der Waals surface area contributed by atoms with Crippen molar-refractivity contribution in [3.8, 4) is 0 Å². The third kappa shape index (κ3) is 2.31. The van der Waals surface area contributed by atoms with Crippen LogP contribution in [0.4, 0.5) is 4.39 Å². The first-order valence-electron chi connectivity index (χ1n) is 13.5. The minimum Gasteiger partial charge on any atom is -0.206 e. The average Bonchev–Trinajstić information content (AvgIpc) is 3.47. The maximum atomic E-state index is 16.2. The number of rotatable bonds is 0. The fraction of sp³-hybridized carbons (Fsp3) is 0. The van der Waals surface area contributed by atoms with Gasteiger partial charge in [0.15, 0.2) is 0 Å². The van der Waals surface area contributed by atoms with Crippen LogP contribution in [0.15, 0.2) is 115 Å². The standard InChI is InChI=1S/C38H19F/c39-38-23-10-4-3-9-22(23)17-32-27-14-6-13-26-30-18-33-29-16-21-8-2-1-7-20(21)15-28(29)24-11-5-12-25(35(24)33)31(30)19-34(36(26)27)37(32)38/h1-19H. The highest BCUT2D eigenvalue weighted by molar-refractivity contribution is 6.41. The van der Waals surface area contributed by atoms with E-state index >= 15 is 4.39 Å². The van der Waals surface area contributed by atoms with Gasteiger partial charge in [-0.15, -0.1) is 0 Å². The van der Waals surface area contributed by atoms with E-state index in [1.807, 2.05) is 24.3 Å². The number of hydrogen-bond acceptors (Lipinski definition) is 0. The highest BCUT2D eigenvalue weighted by Crippen LogP contribution is 2.48. The van der Waals surface area contributed by atoms with Crippen molar-refractivity contribution in [2.75, 3.05) is 0 Å². The molecule has 0 aliphatic heterocycles. The Balaban J connectivity index is 1.49. The summed E-state index contributed by atoms with van der Waals surface area (Å²) in [5.74, 6) is -0.120. The second-order valence-electron chi connectivity index (χ2n) is 11.0. The Kier molecular flexibility index (Phi) is 3.44. The summed E-state index contributed by atoms with van der Waals surface area (Å²) in [6.07, 6.45) is 0. The Morgan fingerprint density at radius 3 is 1.36 bits per heavy atom. The summed E-state index contributed by atoms with van der Waals surface area (Å²) in [4.78, 5) is 0. The SMILES string of the molecule is Fc1c2ccccc2cc2c3cccc4c5cc6c7cc8ccccc8cc7c7cccc(c5cc(c12)c43)c76. The van der Waals surface area contributed by atoms with E-state index in [0.29, 0.717) is 5.39 Å². The van der Waals surface area contributed by atoms with Crippen molar-refractivity contribution >= 4 is 97.0 Å². The molecule has 0 saturated heterocycles. The lowest BCUT2D eigenvalue weighted by atomic mass is 9.93. The Morgan fingerprint density at radius 2 is 0.692 bits per heavy atom. The van der Waals surface area contributed by atoms with Crippen LogP contribution in [0.25, 0.3) is 97.0 Å². The van der Waals surface area contributed by atoms with E-state index in [1.54, 1.807) is 0 Å². The lowest BCUT2D eigenvalue weighted by Crippen LogP contribution is -1.83. The van der Waals surface area contributed by atoms with Gasteiger partial charge in [-0.25, -0.2) is 4.39 Å². The van der Waals surface area contributed by atoms with Crippen molar-refractivity contribution in [1.29, 1.82) is 0 Å². The Bertz CT molecular complexity index is 2660. The quantitative estimate of drug-likeness (QED) is 0.184. The molecule has 0 aliphatic rings. The van der Waals surface area contributed by atoms with Gasteiger partial charge in [-0.2, -0.15) is 0 Å². The number of halogens is 1. The predicted octanol–water partition coefficient (Wildman–Crippen LogP) is 11.1. The van der Waals surface area contributed by atoms with E-state index in [0.717, 1.165) is 32.3 Å². The minimum absolute atomic E-state index is 0.120. The first-order valence-corrected chi connectivity index (χ1v) is 13.5. The van der Waals surface area contributed by atoms with Crippen LogP contribution in [0.1, 0.15) is 0 Å². The molecule has 10 aromatic carbocycles. The zero-order valence-electron chi connectivity index (χ0n) is 20.8. The average molecular weight is 495 g/mol. The number of hydrogen-bond donors (Lipinski definition) is 0. The zero-order chi connectivity index (χ0) is 25.4. The van der Waals surface area contributed by atoms with E-state index in [9.17, 15) is 0 Å². The molecule has 1 heteroatoms. The van der Waals surface area contributed by atoms with Crippen LogP contribution in [0.3, 0.4) is 0 Å². The van der Waals surface area contributed by atoms with Crippen LogP contribution in [0.5, 0.6) is 0 Å². The van der Waals surface area contributed by atoms with Crippen LogP contribution >= 0.6 is 0 Å². The molecule has 0 aromatic heterocycles. The van der Waals surface area contributed by atoms with Crippen LogP contribution in [-0.4, -0.2) is 0 Å². The Labute approximate surface area is 222 Å². The molecule has 0 N–H and O–H groups in total. The van der Waals surface area contributed by atoms with Gasteiger partial charge in [0.05, 0.1) is 0 Å². The molecule has 0 fully saturated rings. The molecular formula is C38H19F. The second kappa shape index (κ2) is 6.70. The molecular weight excluding hydrogens is 475 g/mol. The molecule has 10 rings (SSSR count). The number of fused-ring (bicyclic) bond motifs is 11. The van der Waals surface area contributed by atoms with E-state index in [4.69, 9.17) is 0 Å². The third-order valence-electron chi connectivity index (χ3n) is 9.13. The Hall–Kier alpha value is -5.01. The van der Waals surface area contributed by atoms with E-state index in [2.05, 4.69) is 91.0 Å². The number of benzene rings is 8. The summed E-state index contributed by atoms with van der Waals surface area (Å²) in [7, 11) is 0. The maximum Gasteiger partial charge on any atom is 0.139 e. The molecule has 0 bridgehead atoms. The summed E-state index contributed by atoms with van der Waals surface area (Å²) in [6, 6.07) is 41.1. The van der Waals surface area contributed by atoms with Gasteiger partial charge in [-0.05, 0) is 117 Å². The van der Waals surface area contributed by atoms with Gasteiger partial charge in [0.2, 0.25) is 0 Å². The highest BCUT2D eigenvalue weighted by atomic mass is 19.1. The molecule has 39 heavy (non-hydrogen) atoms. The lowest BCUT2D eigenvalue weighted by Gasteiger charge is -2.10. The van der Waals surface area contributed by atoms with Gasteiger partial charge < -0.3 is 0 Å². The summed E-state index contributed by atoms with van der Waals surface area (Å²) >= 11 is 0. The largest absolute Gasteiger partial charge is 0.206 e. The molecule has 0 aliphatic carbocycles. The van der Waals surface area contributed by atoms with Crippen LogP contribution in [0, 0.1) is 5.82 Å². The molecule has 0 saturated carbocycles. The van der Waals surface area contributed by atoms with Gasteiger partial charge in [0.1, 0.15) is 5.82 Å². The molecule has 0 spiro atoms. The van der Waals surface area contributed by atoms with Gasteiger partial charge in [-0.1, -0.05) is 84.9 Å². The van der Waals surface area contributed by atoms with E-state index < -0.39 is 0 Å². The monoisotopic (exact) mass is 494 g/mol. The van der Waals surface area contributed by atoms with Gasteiger partial charge in [0.25, 0.3) is 0 Å². The van der Waals surface area contributed by atoms with Gasteiger partial charge in [-0.3, -0.25) is 0 Å². The van der Waals surface area contributed by atoms with Crippen molar-refractivity contribution in [2.24, 2.45) is 0 Å². The molecule has 10 aromatic rings. The lowest BCUT2D eigenvalue weighted by molar-refractivity contribution is 0.652. The fourth-order valence-electron chi connectivity index (χ4n) is 7.49. The van der Waals surface area contributed by atoms with E-state index in [1.165, 1.54) is 59.2 Å². The van der Waals surface area contributed by atoms with Gasteiger partial charge in [0, 0.05) is 10.8 Å². The maximum absolute atomic E-state index is 16.2. The molecule has 0 heterocycles. The van der Waals surface area contributed by atoms with Crippen molar-refractivity contribution in [3.05, 3.63) is 121 Å². The smallest absolute Gasteiger partial charge is 0.139 e. The first kappa shape index (κ1) is 20.0. The summed E-state index contributed by atoms with van der Waals surface area (Å²) < 4.78 is 16.2. The normalized spacial score (nSPS) is 12.7. The molecule has 0 unspecified atom stereocenters.